The molecule has 0 heterocycles. The highest BCUT2D eigenvalue weighted by Gasteiger charge is 2.11. The number of rotatable bonds is 5. The Bertz CT molecular complexity index is 98.0. The van der Waals surface area contributed by atoms with Crippen LogP contribution in [0.25, 0.3) is 0 Å². The summed E-state index contributed by atoms with van der Waals surface area (Å²) in [4.78, 5) is 0. The molecule has 0 amide bonds. The van der Waals surface area contributed by atoms with Crippen molar-refractivity contribution in [2.45, 2.75) is 38.5 Å². The van der Waals surface area contributed by atoms with Gasteiger partial charge < -0.3 is 10.6 Å². The van der Waals surface area contributed by atoms with Gasteiger partial charge in [0.15, 0.2) is 0 Å². The minimum absolute atomic E-state index is 0.951. The highest BCUT2D eigenvalue weighted by atomic mass is 15.0. The minimum atomic E-state index is 0.951. The van der Waals surface area contributed by atoms with Crippen LogP contribution >= 0.6 is 0 Å². The van der Waals surface area contributed by atoms with Gasteiger partial charge in [-0.15, -0.1) is 0 Å². The van der Waals surface area contributed by atoms with Crippen molar-refractivity contribution in [3.63, 3.8) is 0 Å². The molecule has 0 aromatic carbocycles. The summed E-state index contributed by atoms with van der Waals surface area (Å²) in [7, 11) is 1.98. The molecule has 0 atom stereocenters. The van der Waals surface area contributed by atoms with E-state index >= 15 is 0 Å². The Kier molecular flexibility index (Phi) is 5.37. The zero-order chi connectivity index (χ0) is 8.65. The molecule has 0 aromatic heterocycles. The molecule has 72 valence electrons. The predicted molar refractivity (Wildman–Crippen MR) is 53.1 cm³/mol. The SMILES string of the molecule is CNCNCCC1CCCCC1. The van der Waals surface area contributed by atoms with E-state index in [4.69, 9.17) is 0 Å². The van der Waals surface area contributed by atoms with Crippen molar-refractivity contribution in [3.8, 4) is 0 Å². The smallest absolute Gasteiger partial charge is 0.0451 e. The molecule has 1 rings (SSSR count). The molecule has 1 fully saturated rings. The van der Waals surface area contributed by atoms with Crippen LogP contribution in [0, 0.1) is 5.92 Å². The lowest BCUT2D eigenvalue weighted by Gasteiger charge is -2.21. The molecule has 1 aliphatic rings. The van der Waals surface area contributed by atoms with Gasteiger partial charge in [0.05, 0.1) is 0 Å². The van der Waals surface area contributed by atoms with Gasteiger partial charge in [0.2, 0.25) is 0 Å². The topological polar surface area (TPSA) is 24.1 Å². The maximum Gasteiger partial charge on any atom is 0.0451 e. The average molecular weight is 170 g/mol. The van der Waals surface area contributed by atoms with Crippen molar-refractivity contribution in [2.24, 2.45) is 5.92 Å². The van der Waals surface area contributed by atoms with E-state index in [2.05, 4.69) is 10.6 Å². The van der Waals surface area contributed by atoms with E-state index in [1.54, 1.807) is 0 Å². The molecule has 1 aliphatic carbocycles. The highest BCUT2D eigenvalue weighted by Crippen LogP contribution is 2.25. The van der Waals surface area contributed by atoms with Crippen LogP contribution in [-0.2, 0) is 0 Å². The Morgan fingerprint density at radius 3 is 2.58 bits per heavy atom. The molecular formula is C10H22N2. The molecule has 0 bridgehead atoms. The maximum absolute atomic E-state index is 3.37. The first kappa shape index (κ1) is 10.0. The molecule has 0 aliphatic heterocycles. The number of hydrogen-bond acceptors (Lipinski definition) is 2. The molecule has 0 unspecified atom stereocenters. The van der Waals surface area contributed by atoms with Gasteiger partial charge in [-0.3, -0.25) is 0 Å². The standard InChI is InChI=1S/C10H22N2/c1-11-9-12-8-7-10-5-3-2-4-6-10/h10-12H,2-9H2,1H3. The van der Waals surface area contributed by atoms with Crippen LogP contribution in [0.4, 0.5) is 0 Å². The zero-order valence-electron chi connectivity index (χ0n) is 8.23. The fourth-order valence-electron chi connectivity index (χ4n) is 2.00. The quantitative estimate of drug-likeness (QED) is 0.485. The van der Waals surface area contributed by atoms with Gasteiger partial charge in [-0.1, -0.05) is 32.1 Å². The predicted octanol–water partition coefficient (Wildman–Crippen LogP) is 1.72. The van der Waals surface area contributed by atoms with E-state index in [1.807, 2.05) is 7.05 Å². The summed E-state index contributed by atoms with van der Waals surface area (Å²) in [5.74, 6) is 1.02. The fourth-order valence-corrected chi connectivity index (χ4v) is 2.00. The maximum atomic E-state index is 3.37. The van der Waals surface area contributed by atoms with E-state index in [9.17, 15) is 0 Å². The zero-order valence-corrected chi connectivity index (χ0v) is 8.23. The van der Waals surface area contributed by atoms with E-state index in [1.165, 1.54) is 45.1 Å². The minimum Gasteiger partial charge on any atom is -0.308 e. The average Bonchev–Trinajstić information content (AvgIpc) is 2.14. The first-order valence-electron chi connectivity index (χ1n) is 5.29. The summed E-state index contributed by atoms with van der Waals surface area (Å²) < 4.78 is 0. The summed E-state index contributed by atoms with van der Waals surface area (Å²) in [6.45, 7) is 2.14. The highest BCUT2D eigenvalue weighted by molar-refractivity contribution is 4.66. The molecule has 0 spiro atoms. The third-order valence-corrected chi connectivity index (χ3v) is 2.76. The lowest BCUT2D eigenvalue weighted by molar-refractivity contribution is 0.333. The van der Waals surface area contributed by atoms with Gasteiger partial charge in [0.1, 0.15) is 0 Å². The van der Waals surface area contributed by atoms with Crippen molar-refractivity contribution >= 4 is 0 Å². The lowest BCUT2D eigenvalue weighted by atomic mass is 9.87. The molecule has 0 radical (unpaired) electrons. The second-order valence-electron chi connectivity index (χ2n) is 3.82. The van der Waals surface area contributed by atoms with Crippen molar-refractivity contribution in [3.05, 3.63) is 0 Å². The van der Waals surface area contributed by atoms with Crippen LogP contribution in [0.3, 0.4) is 0 Å². The van der Waals surface area contributed by atoms with Gasteiger partial charge in [-0.2, -0.15) is 0 Å². The first-order valence-corrected chi connectivity index (χ1v) is 5.29. The third-order valence-electron chi connectivity index (χ3n) is 2.76. The van der Waals surface area contributed by atoms with Crippen molar-refractivity contribution in [1.29, 1.82) is 0 Å². The molecule has 2 N–H and O–H groups in total. The van der Waals surface area contributed by atoms with Crippen molar-refractivity contribution in [2.75, 3.05) is 20.3 Å². The van der Waals surface area contributed by atoms with Crippen LogP contribution in [0.15, 0.2) is 0 Å². The number of hydrogen-bond donors (Lipinski definition) is 2. The van der Waals surface area contributed by atoms with E-state index in [-0.39, 0.29) is 0 Å². The van der Waals surface area contributed by atoms with E-state index in [0.29, 0.717) is 0 Å². The summed E-state index contributed by atoms with van der Waals surface area (Å²) in [5, 5.41) is 6.47. The normalized spacial score (nSPS) is 19.8. The summed E-state index contributed by atoms with van der Waals surface area (Å²) in [6, 6.07) is 0. The molecule has 2 nitrogen and oxygen atoms in total. The van der Waals surface area contributed by atoms with Gasteiger partial charge in [-0.05, 0) is 25.9 Å². The van der Waals surface area contributed by atoms with E-state index in [0.717, 1.165) is 12.6 Å². The molecule has 0 saturated heterocycles. The van der Waals surface area contributed by atoms with Crippen LogP contribution < -0.4 is 10.6 Å². The number of nitrogens with one attached hydrogen (secondary N) is 2. The van der Waals surface area contributed by atoms with Crippen LogP contribution in [0.2, 0.25) is 0 Å². The summed E-state index contributed by atoms with van der Waals surface area (Å²) in [5.41, 5.74) is 0. The van der Waals surface area contributed by atoms with Crippen LogP contribution in [0.1, 0.15) is 38.5 Å². The molecule has 1 saturated carbocycles. The van der Waals surface area contributed by atoms with Gasteiger partial charge in [0.25, 0.3) is 0 Å². The Morgan fingerprint density at radius 1 is 1.17 bits per heavy atom. The van der Waals surface area contributed by atoms with Crippen molar-refractivity contribution < 1.29 is 0 Å². The fraction of sp³-hybridized carbons (Fsp3) is 1.00. The Balaban J connectivity index is 1.91. The summed E-state index contributed by atoms with van der Waals surface area (Å²) >= 11 is 0. The van der Waals surface area contributed by atoms with Gasteiger partial charge >= 0.3 is 0 Å². The monoisotopic (exact) mass is 170 g/mol. The van der Waals surface area contributed by atoms with E-state index < -0.39 is 0 Å². The molecular weight excluding hydrogens is 148 g/mol. The Labute approximate surface area is 76.1 Å². The van der Waals surface area contributed by atoms with Gasteiger partial charge in [-0.25, -0.2) is 0 Å². The molecule has 12 heavy (non-hydrogen) atoms. The molecule has 2 heteroatoms. The largest absolute Gasteiger partial charge is 0.308 e. The third kappa shape index (κ3) is 4.07. The Morgan fingerprint density at radius 2 is 1.92 bits per heavy atom. The second-order valence-corrected chi connectivity index (χ2v) is 3.82. The van der Waals surface area contributed by atoms with Crippen molar-refractivity contribution in [1.82, 2.24) is 10.6 Å². The van der Waals surface area contributed by atoms with Gasteiger partial charge in [0, 0.05) is 6.67 Å². The Hall–Kier alpha value is -0.0800. The lowest BCUT2D eigenvalue weighted by Crippen LogP contribution is -2.28. The second kappa shape index (κ2) is 6.44. The summed E-state index contributed by atoms with van der Waals surface area (Å²) in [6.07, 6.45) is 8.73. The van der Waals surface area contributed by atoms with Crippen LogP contribution in [-0.4, -0.2) is 20.3 Å². The first-order chi connectivity index (χ1) is 5.93. The van der Waals surface area contributed by atoms with Crippen LogP contribution in [0.5, 0.6) is 0 Å². The molecule has 0 aromatic rings.